The fourth-order valence-electron chi connectivity index (χ4n) is 2.87. The molecule has 15 heavy (non-hydrogen) atoms. The Labute approximate surface area is 95.8 Å². The average Bonchev–Trinajstić information content (AvgIpc) is 2.78. The van der Waals surface area contributed by atoms with E-state index in [9.17, 15) is 0 Å². The van der Waals surface area contributed by atoms with E-state index >= 15 is 0 Å². The molecule has 2 nitrogen and oxygen atoms in total. The number of nitrogens with two attached hydrogens (primary N) is 1. The van der Waals surface area contributed by atoms with Crippen LogP contribution >= 0.6 is 11.3 Å². The Balaban J connectivity index is 2.20. The molecule has 0 radical (unpaired) electrons. The van der Waals surface area contributed by atoms with Gasteiger partial charge in [0.2, 0.25) is 0 Å². The first-order valence-corrected chi connectivity index (χ1v) is 6.57. The Morgan fingerprint density at radius 3 is 2.87 bits per heavy atom. The fourth-order valence-corrected chi connectivity index (χ4v) is 3.56. The highest BCUT2D eigenvalue weighted by Crippen LogP contribution is 2.48. The summed E-state index contributed by atoms with van der Waals surface area (Å²) in [5.41, 5.74) is 4.77. The molecular weight excluding hydrogens is 204 g/mol. The molecule has 1 fully saturated rings. The lowest BCUT2D eigenvalue weighted by molar-refractivity contribution is 0.198. The Hall–Kier alpha value is -0.380. The zero-order valence-electron chi connectivity index (χ0n) is 9.49. The van der Waals surface area contributed by atoms with Crippen molar-refractivity contribution in [2.75, 3.05) is 0 Å². The molecule has 1 saturated carbocycles. The van der Waals surface area contributed by atoms with Gasteiger partial charge in [0.25, 0.3) is 0 Å². The van der Waals surface area contributed by atoms with E-state index in [0.29, 0.717) is 17.4 Å². The molecule has 1 heterocycles. The largest absolute Gasteiger partial charge is 0.271 e. The second-order valence-corrected chi connectivity index (χ2v) is 5.97. The van der Waals surface area contributed by atoms with Crippen molar-refractivity contribution >= 4 is 11.3 Å². The van der Waals surface area contributed by atoms with Crippen LogP contribution in [-0.2, 0) is 0 Å². The van der Waals surface area contributed by atoms with Crippen LogP contribution in [0.1, 0.15) is 44.7 Å². The standard InChI is InChI=1S/C12H20N2S/c1-12(2)6-3-4-10(12)11(14-13)9-5-7-15-8-9/h5,7-8,10-11,14H,3-4,6,13H2,1-2H3. The van der Waals surface area contributed by atoms with Crippen LogP contribution in [-0.4, -0.2) is 0 Å². The molecule has 1 aliphatic carbocycles. The lowest BCUT2D eigenvalue weighted by Crippen LogP contribution is -2.37. The van der Waals surface area contributed by atoms with Crippen molar-refractivity contribution < 1.29 is 0 Å². The maximum atomic E-state index is 5.72. The highest BCUT2D eigenvalue weighted by molar-refractivity contribution is 7.07. The SMILES string of the molecule is CC1(C)CCCC1C(NN)c1ccsc1. The summed E-state index contributed by atoms with van der Waals surface area (Å²) in [7, 11) is 0. The molecule has 0 amide bonds. The molecule has 0 aliphatic heterocycles. The van der Waals surface area contributed by atoms with Crippen molar-refractivity contribution in [3.63, 3.8) is 0 Å². The monoisotopic (exact) mass is 224 g/mol. The minimum absolute atomic E-state index is 0.328. The van der Waals surface area contributed by atoms with Crippen molar-refractivity contribution in [2.45, 2.75) is 39.2 Å². The van der Waals surface area contributed by atoms with E-state index < -0.39 is 0 Å². The van der Waals surface area contributed by atoms with E-state index in [1.165, 1.54) is 24.8 Å². The molecular formula is C12H20N2S. The average molecular weight is 224 g/mol. The third kappa shape index (κ3) is 2.10. The van der Waals surface area contributed by atoms with Gasteiger partial charge in [-0.3, -0.25) is 11.3 Å². The summed E-state index contributed by atoms with van der Waals surface area (Å²) >= 11 is 1.75. The van der Waals surface area contributed by atoms with E-state index in [-0.39, 0.29) is 0 Å². The molecule has 0 bridgehead atoms. The number of hydrazine groups is 1. The van der Waals surface area contributed by atoms with E-state index in [1.807, 2.05) is 0 Å². The van der Waals surface area contributed by atoms with Gasteiger partial charge in [-0.1, -0.05) is 20.3 Å². The number of thiophene rings is 1. The highest BCUT2D eigenvalue weighted by Gasteiger charge is 2.39. The predicted octanol–water partition coefficient (Wildman–Crippen LogP) is 3.08. The van der Waals surface area contributed by atoms with E-state index in [4.69, 9.17) is 5.84 Å². The maximum absolute atomic E-state index is 5.72. The lowest BCUT2D eigenvalue weighted by Gasteiger charge is -2.33. The fraction of sp³-hybridized carbons (Fsp3) is 0.667. The van der Waals surface area contributed by atoms with Crippen molar-refractivity contribution in [1.29, 1.82) is 0 Å². The van der Waals surface area contributed by atoms with Crippen molar-refractivity contribution in [2.24, 2.45) is 17.2 Å². The van der Waals surface area contributed by atoms with Gasteiger partial charge in [-0.15, -0.1) is 0 Å². The third-order valence-corrected chi connectivity index (χ3v) is 4.53. The second-order valence-electron chi connectivity index (χ2n) is 5.19. The zero-order valence-corrected chi connectivity index (χ0v) is 10.3. The molecule has 1 aromatic heterocycles. The van der Waals surface area contributed by atoms with Crippen LogP contribution in [0.5, 0.6) is 0 Å². The molecule has 1 aliphatic rings. The minimum atomic E-state index is 0.328. The minimum Gasteiger partial charge on any atom is -0.271 e. The van der Waals surface area contributed by atoms with Gasteiger partial charge in [-0.2, -0.15) is 11.3 Å². The van der Waals surface area contributed by atoms with Crippen LogP contribution in [0.2, 0.25) is 0 Å². The summed E-state index contributed by atoms with van der Waals surface area (Å²) in [5.74, 6) is 6.38. The molecule has 0 saturated heterocycles. The van der Waals surface area contributed by atoms with E-state index in [1.54, 1.807) is 11.3 Å². The molecule has 2 atom stereocenters. The number of hydrogen-bond donors (Lipinski definition) is 2. The van der Waals surface area contributed by atoms with Gasteiger partial charge in [-0.25, -0.2) is 0 Å². The van der Waals surface area contributed by atoms with Gasteiger partial charge in [0.05, 0.1) is 6.04 Å². The number of rotatable bonds is 3. The van der Waals surface area contributed by atoms with Crippen molar-refractivity contribution in [3.8, 4) is 0 Å². The van der Waals surface area contributed by atoms with Gasteiger partial charge in [-0.05, 0) is 46.6 Å². The summed E-state index contributed by atoms with van der Waals surface area (Å²) in [6.07, 6.45) is 3.94. The van der Waals surface area contributed by atoms with Gasteiger partial charge in [0.15, 0.2) is 0 Å². The van der Waals surface area contributed by atoms with E-state index in [0.717, 1.165) is 0 Å². The molecule has 3 N–H and O–H groups in total. The maximum Gasteiger partial charge on any atom is 0.0501 e. The topological polar surface area (TPSA) is 38.0 Å². The number of hydrogen-bond acceptors (Lipinski definition) is 3. The highest BCUT2D eigenvalue weighted by atomic mass is 32.1. The summed E-state index contributed by atoms with van der Waals surface area (Å²) in [6, 6.07) is 2.51. The van der Waals surface area contributed by atoms with Crippen LogP contribution < -0.4 is 11.3 Å². The van der Waals surface area contributed by atoms with Gasteiger partial charge >= 0.3 is 0 Å². The molecule has 0 aromatic carbocycles. The van der Waals surface area contributed by atoms with Crippen LogP contribution in [0, 0.1) is 11.3 Å². The first-order valence-electron chi connectivity index (χ1n) is 5.63. The predicted molar refractivity (Wildman–Crippen MR) is 65.5 cm³/mol. The molecule has 84 valence electrons. The van der Waals surface area contributed by atoms with E-state index in [2.05, 4.69) is 36.1 Å². The first kappa shape index (κ1) is 11.1. The molecule has 3 heteroatoms. The zero-order chi connectivity index (χ0) is 10.9. The Bertz CT molecular complexity index is 305. The third-order valence-electron chi connectivity index (χ3n) is 3.82. The summed E-state index contributed by atoms with van der Waals surface area (Å²) in [6.45, 7) is 4.72. The number of nitrogens with one attached hydrogen (secondary N) is 1. The molecule has 0 spiro atoms. The van der Waals surface area contributed by atoms with Gasteiger partial charge in [0.1, 0.15) is 0 Å². The first-order chi connectivity index (χ1) is 7.15. The van der Waals surface area contributed by atoms with Gasteiger partial charge in [0, 0.05) is 0 Å². The second kappa shape index (κ2) is 4.24. The molecule has 2 rings (SSSR count). The molecule has 2 unspecified atom stereocenters. The normalized spacial score (nSPS) is 26.7. The van der Waals surface area contributed by atoms with Crippen molar-refractivity contribution in [1.82, 2.24) is 5.43 Å². The smallest absolute Gasteiger partial charge is 0.0501 e. The Morgan fingerprint density at radius 1 is 1.60 bits per heavy atom. The lowest BCUT2D eigenvalue weighted by atomic mass is 9.76. The van der Waals surface area contributed by atoms with Crippen LogP contribution in [0.4, 0.5) is 0 Å². The van der Waals surface area contributed by atoms with Crippen molar-refractivity contribution in [3.05, 3.63) is 22.4 Å². The Morgan fingerprint density at radius 2 is 2.40 bits per heavy atom. The van der Waals surface area contributed by atoms with Crippen LogP contribution in [0.25, 0.3) is 0 Å². The van der Waals surface area contributed by atoms with Crippen LogP contribution in [0.3, 0.4) is 0 Å². The summed E-state index contributed by atoms with van der Waals surface area (Å²) < 4.78 is 0. The van der Waals surface area contributed by atoms with Crippen LogP contribution in [0.15, 0.2) is 16.8 Å². The molecule has 1 aromatic rings. The summed E-state index contributed by atoms with van der Waals surface area (Å²) in [4.78, 5) is 0. The Kier molecular flexibility index (Phi) is 3.14. The van der Waals surface area contributed by atoms with Gasteiger partial charge < -0.3 is 0 Å². The summed E-state index contributed by atoms with van der Waals surface area (Å²) in [5, 5.41) is 4.33. The quantitative estimate of drug-likeness (QED) is 0.611.